The van der Waals surface area contributed by atoms with Crippen LogP contribution in [0.1, 0.15) is 13.8 Å². The van der Waals surface area contributed by atoms with Crippen molar-refractivity contribution in [1.82, 2.24) is 5.32 Å². The predicted molar refractivity (Wildman–Crippen MR) is 92.5 cm³/mol. The van der Waals surface area contributed by atoms with Gasteiger partial charge >= 0.3 is 0 Å². The number of hydrogen-bond acceptors (Lipinski definition) is 4. The fourth-order valence-electron chi connectivity index (χ4n) is 2.14. The molecule has 0 aromatic heterocycles. The maximum atomic E-state index is 10.1. The lowest BCUT2D eigenvalue weighted by atomic mass is 10.0. The highest BCUT2D eigenvalue weighted by Gasteiger charge is 2.17. The number of aliphatic hydroxyl groups excluding tert-OH is 2. The molecular weight excluding hydrogens is 290 g/mol. The van der Waals surface area contributed by atoms with Crippen LogP contribution < -0.4 is 10.1 Å². The number of ether oxygens (including phenoxy) is 1. The largest absolute Gasteiger partial charge is 0.490 e. The van der Waals surface area contributed by atoms with Gasteiger partial charge in [-0.2, -0.15) is 0 Å². The molecule has 2 rings (SSSR count). The topological polar surface area (TPSA) is 61.7 Å². The van der Waals surface area contributed by atoms with Crippen LogP contribution in [0.4, 0.5) is 0 Å². The van der Waals surface area contributed by atoms with Gasteiger partial charge in [-0.25, -0.2) is 0 Å². The summed E-state index contributed by atoms with van der Waals surface area (Å²) in [6.45, 7) is 4.33. The summed E-state index contributed by atoms with van der Waals surface area (Å²) < 4.78 is 5.80. The highest BCUT2D eigenvalue weighted by Crippen LogP contribution is 2.29. The standard InChI is InChI=1S/C19H25NO3/c1-19(2,14-21)20-12-16(22)13-23-18-11-7-6-10-17(18)15-8-4-3-5-9-15/h3-11,16,20-22H,12-14H2,1-2H3/t16-/m0/s1. The van der Waals surface area contributed by atoms with Gasteiger partial charge in [0.2, 0.25) is 0 Å². The van der Waals surface area contributed by atoms with Crippen LogP contribution in [-0.4, -0.2) is 41.6 Å². The maximum absolute atomic E-state index is 10.1. The van der Waals surface area contributed by atoms with E-state index in [4.69, 9.17) is 4.74 Å². The molecule has 1 atom stereocenters. The minimum Gasteiger partial charge on any atom is -0.490 e. The molecule has 0 amide bonds. The number of hydrogen-bond donors (Lipinski definition) is 3. The Morgan fingerprint density at radius 1 is 1.04 bits per heavy atom. The van der Waals surface area contributed by atoms with Gasteiger partial charge in [-0.15, -0.1) is 0 Å². The lowest BCUT2D eigenvalue weighted by molar-refractivity contribution is 0.0909. The fraction of sp³-hybridized carbons (Fsp3) is 0.368. The number of para-hydroxylation sites is 1. The van der Waals surface area contributed by atoms with Crippen LogP contribution in [0.15, 0.2) is 54.6 Å². The van der Waals surface area contributed by atoms with E-state index in [0.29, 0.717) is 6.54 Å². The molecule has 23 heavy (non-hydrogen) atoms. The first-order valence-electron chi connectivity index (χ1n) is 7.83. The summed E-state index contributed by atoms with van der Waals surface area (Å²) in [5.74, 6) is 0.749. The third kappa shape index (κ3) is 5.36. The van der Waals surface area contributed by atoms with Gasteiger partial charge in [0.15, 0.2) is 0 Å². The Balaban J connectivity index is 1.96. The molecular formula is C19H25NO3. The van der Waals surface area contributed by atoms with Gasteiger partial charge in [-0.3, -0.25) is 0 Å². The number of β-amino-alcohol motifs (C(OH)–C–C–N with tert-alkyl or cyclic N) is 1. The van der Waals surface area contributed by atoms with E-state index in [2.05, 4.69) is 5.32 Å². The van der Waals surface area contributed by atoms with E-state index in [-0.39, 0.29) is 13.2 Å². The van der Waals surface area contributed by atoms with Crippen molar-refractivity contribution < 1.29 is 14.9 Å². The van der Waals surface area contributed by atoms with Crippen molar-refractivity contribution in [3.8, 4) is 16.9 Å². The molecule has 124 valence electrons. The van der Waals surface area contributed by atoms with E-state index in [1.807, 2.05) is 68.4 Å². The molecule has 0 radical (unpaired) electrons. The average Bonchev–Trinajstić information content (AvgIpc) is 2.59. The zero-order valence-corrected chi connectivity index (χ0v) is 13.7. The van der Waals surface area contributed by atoms with E-state index < -0.39 is 11.6 Å². The lowest BCUT2D eigenvalue weighted by Gasteiger charge is -2.25. The highest BCUT2D eigenvalue weighted by atomic mass is 16.5. The molecule has 0 unspecified atom stereocenters. The van der Waals surface area contributed by atoms with Gasteiger partial charge in [-0.05, 0) is 25.5 Å². The van der Waals surface area contributed by atoms with Crippen molar-refractivity contribution in [2.24, 2.45) is 0 Å². The second-order valence-electron chi connectivity index (χ2n) is 6.25. The number of aliphatic hydroxyl groups is 2. The zero-order valence-electron chi connectivity index (χ0n) is 13.7. The first-order valence-corrected chi connectivity index (χ1v) is 7.83. The van der Waals surface area contributed by atoms with Crippen LogP contribution >= 0.6 is 0 Å². The molecule has 3 N–H and O–H groups in total. The first kappa shape index (κ1) is 17.5. The first-order chi connectivity index (χ1) is 11.0. The van der Waals surface area contributed by atoms with Crippen molar-refractivity contribution in [3.63, 3.8) is 0 Å². The van der Waals surface area contributed by atoms with Crippen LogP contribution in [0, 0.1) is 0 Å². The maximum Gasteiger partial charge on any atom is 0.127 e. The summed E-state index contributed by atoms with van der Waals surface area (Å²) in [6.07, 6.45) is -0.648. The van der Waals surface area contributed by atoms with Gasteiger partial charge in [-0.1, -0.05) is 48.5 Å². The van der Waals surface area contributed by atoms with Crippen LogP contribution in [0.3, 0.4) is 0 Å². The lowest BCUT2D eigenvalue weighted by Crippen LogP contribution is -2.47. The Kier molecular flexibility index (Phi) is 6.16. The summed E-state index contributed by atoms with van der Waals surface area (Å²) in [5.41, 5.74) is 1.67. The smallest absolute Gasteiger partial charge is 0.127 e. The molecule has 0 heterocycles. The SMILES string of the molecule is CC(C)(CO)NC[C@H](O)COc1ccccc1-c1ccccc1. The second kappa shape index (κ2) is 8.11. The van der Waals surface area contributed by atoms with Crippen molar-refractivity contribution in [2.45, 2.75) is 25.5 Å². The zero-order chi connectivity index (χ0) is 16.7. The Bertz CT molecular complexity index is 599. The Morgan fingerprint density at radius 3 is 2.39 bits per heavy atom. The predicted octanol–water partition coefficient (Wildman–Crippen LogP) is 2.45. The van der Waals surface area contributed by atoms with Crippen LogP contribution in [0.5, 0.6) is 5.75 Å². The normalized spacial score (nSPS) is 12.9. The van der Waals surface area contributed by atoms with Crippen molar-refractivity contribution in [1.29, 1.82) is 0 Å². The molecule has 4 nitrogen and oxygen atoms in total. The second-order valence-corrected chi connectivity index (χ2v) is 6.25. The molecule has 0 saturated heterocycles. The monoisotopic (exact) mass is 315 g/mol. The summed E-state index contributed by atoms with van der Waals surface area (Å²) in [4.78, 5) is 0. The summed E-state index contributed by atoms with van der Waals surface area (Å²) in [5, 5.41) is 22.4. The molecule has 2 aromatic carbocycles. The van der Waals surface area contributed by atoms with Crippen LogP contribution in [-0.2, 0) is 0 Å². The molecule has 2 aromatic rings. The van der Waals surface area contributed by atoms with Crippen molar-refractivity contribution in [3.05, 3.63) is 54.6 Å². The molecule has 0 aliphatic carbocycles. The van der Waals surface area contributed by atoms with Gasteiger partial charge in [0.1, 0.15) is 18.5 Å². The Morgan fingerprint density at radius 2 is 1.70 bits per heavy atom. The summed E-state index contributed by atoms with van der Waals surface area (Å²) in [7, 11) is 0. The van der Waals surface area contributed by atoms with Crippen LogP contribution in [0.2, 0.25) is 0 Å². The number of nitrogens with one attached hydrogen (secondary N) is 1. The molecule has 0 fully saturated rings. The van der Waals surface area contributed by atoms with E-state index in [1.54, 1.807) is 0 Å². The minimum absolute atomic E-state index is 0.0113. The van der Waals surface area contributed by atoms with Crippen molar-refractivity contribution in [2.75, 3.05) is 19.8 Å². The Hall–Kier alpha value is -1.88. The molecule has 4 heteroatoms. The average molecular weight is 315 g/mol. The van der Waals surface area contributed by atoms with E-state index in [9.17, 15) is 10.2 Å². The van der Waals surface area contributed by atoms with E-state index >= 15 is 0 Å². The quantitative estimate of drug-likeness (QED) is 0.700. The third-order valence-corrected chi connectivity index (χ3v) is 3.61. The fourth-order valence-corrected chi connectivity index (χ4v) is 2.14. The molecule has 0 saturated carbocycles. The van der Waals surface area contributed by atoms with Gasteiger partial charge in [0, 0.05) is 17.6 Å². The van der Waals surface area contributed by atoms with Crippen molar-refractivity contribution >= 4 is 0 Å². The van der Waals surface area contributed by atoms with E-state index in [0.717, 1.165) is 16.9 Å². The summed E-state index contributed by atoms with van der Waals surface area (Å²) >= 11 is 0. The summed E-state index contributed by atoms with van der Waals surface area (Å²) in [6, 6.07) is 17.8. The minimum atomic E-state index is -0.648. The number of benzene rings is 2. The van der Waals surface area contributed by atoms with Gasteiger partial charge in [0.25, 0.3) is 0 Å². The van der Waals surface area contributed by atoms with Gasteiger partial charge in [0.05, 0.1) is 6.61 Å². The highest BCUT2D eigenvalue weighted by molar-refractivity contribution is 5.70. The number of rotatable bonds is 8. The Labute approximate surface area is 137 Å². The van der Waals surface area contributed by atoms with E-state index in [1.165, 1.54) is 0 Å². The third-order valence-electron chi connectivity index (χ3n) is 3.61. The molecule has 0 bridgehead atoms. The van der Waals surface area contributed by atoms with Crippen LogP contribution in [0.25, 0.3) is 11.1 Å². The van der Waals surface area contributed by atoms with Gasteiger partial charge < -0.3 is 20.3 Å². The molecule has 0 spiro atoms. The molecule has 0 aliphatic rings. The molecule has 0 aliphatic heterocycles.